The summed E-state index contributed by atoms with van der Waals surface area (Å²) in [7, 11) is 0. The number of hydrogen-bond acceptors (Lipinski definition) is 3. The van der Waals surface area contributed by atoms with Gasteiger partial charge in [-0.05, 0) is 55.3 Å². The van der Waals surface area contributed by atoms with Gasteiger partial charge in [-0.3, -0.25) is 9.59 Å². The molecule has 3 aromatic rings. The number of para-hydroxylation sites is 2. The molecule has 0 fully saturated rings. The Morgan fingerprint density at radius 3 is 2.22 bits per heavy atom. The minimum atomic E-state index is -4.47. The summed E-state index contributed by atoms with van der Waals surface area (Å²) < 4.78 is 38.9. The Morgan fingerprint density at radius 1 is 0.875 bits per heavy atom. The molecule has 0 saturated heterocycles. The van der Waals surface area contributed by atoms with Crippen LogP contribution in [-0.4, -0.2) is 18.4 Å². The van der Waals surface area contributed by atoms with Crippen molar-refractivity contribution in [3.05, 3.63) is 89.0 Å². The zero-order valence-electron chi connectivity index (χ0n) is 17.5. The molecule has 8 heteroatoms. The van der Waals surface area contributed by atoms with Crippen LogP contribution in [0.5, 0.6) is 0 Å². The first-order valence-corrected chi connectivity index (χ1v) is 9.83. The average Bonchev–Trinajstić information content (AvgIpc) is 2.75. The van der Waals surface area contributed by atoms with Crippen LogP contribution in [0.1, 0.15) is 27.0 Å². The van der Waals surface area contributed by atoms with Gasteiger partial charge in [-0.2, -0.15) is 13.2 Å². The lowest BCUT2D eigenvalue weighted by Gasteiger charge is -2.14. The summed E-state index contributed by atoms with van der Waals surface area (Å²) in [4.78, 5) is 25.0. The van der Waals surface area contributed by atoms with Crippen LogP contribution < -0.4 is 16.0 Å². The van der Waals surface area contributed by atoms with E-state index in [0.29, 0.717) is 11.4 Å². The molecule has 0 radical (unpaired) electrons. The topological polar surface area (TPSA) is 70.2 Å². The average molecular weight is 441 g/mol. The number of benzene rings is 3. The third-order valence-electron chi connectivity index (χ3n) is 4.80. The molecule has 0 aliphatic rings. The Kier molecular flexibility index (Phi) is 6.82. The van der Waals surface area contributed by atoms with Crippen LogP contribution in [0.3, 0.4) is 0 Å². The van der Waals surface area contributed by atoms with Crippen LogP contribution in [0.4, 0.5) is 30.2 Å². The lowest BCUT2D eigenvalue weighted by Crippen LogP contribution is -2.33. The van der Waals surface area contributed by atoms with Crippen molar-refractivity contribution < 1.29 is 22.8 Å². The summed E-state index contributed by atoms with van der Waals surface area (Å²) in [5.74, 6) is -0.921. The Morgan fingerprint density at radius 2 is 1.53 bits per heavy atom. The molecule has 3 aromatic carbocycles. The zero-order valence-corrected chi connectivity index (χ0v) is 17.5. The molecule has 32 heavy (non-hydrogen) atoms. The van der Waals surface area contributed by atoms with Gasteiger partial charge >= 0.3 is 6.18 Å². The number of hydrogen-bond donors (Lipinski definition) is 3. The maximum Gasteiger partial charge on any atom is 0.416 e. The Hall–Kier alpha value is -3.81. The largest absolute Gasteiger partial charge is 0.416 e. The highest BCUT2D eigenvalue weighted by Gasteiger charge is 2.30. The van der Waals surface area contributed by atoms with E-state index >= 15 is 0 Å². The summed E-state index contributed by atoms with van der Waals surface area (Å²) in [5.41, 5.74) is 2.41. The third-order valence-corrected chi connectivity index (χ3v) is 4.80. The van der Waals surface area contributed by atoms with Gasteiger partial charge < -0.3 is 16.0 Å². The summed E-state index contributed by atoms with van der Waals surface area (Å²) in [5, 5.41) is 8.18. The number of aryl methyl sites for hydroxylation is 2. The molecule has 0 aliphatic heterocycles. The lowest BCUT2D eigenvalue weighted by atomic mass is 10.1. The molecule has 0 unspecified atom stereocenters. The van der Waals surface area contributed by atoms with E-state index in [0.717, 1.165) is 23.3 Å². The van der Waals surface area contributed by atoms with Gasteiger partial charge in [-0.1, -0.05) is 36.4 Å². The summed E-state index contributed by atoms with van der Waals surface area (Å²) >= 11 is 0. The van der Waals surface area contributed by atoms with E-state index in [4.69, 9.17) is 0 Å². The fraction of sp³-hybridized carbons (Fsp3) is 0.167. The van der Waals surface area contributed by atoms with Crippen LogP contribution >= 0.6 is 0 Å². The molecule has 0 aliphatic carbocycles. The summed E-state index contributed by atoms with van der Waals surface area (Å²) in [6.07, 6.45) is -4.47. The fourth-order valence-electron chi connectivity index (χ4n) is 3.17. The smallest absolute Gasteiger partial charge is 0.355 e. The van der Waals surface area contributed by atoms with E-state index in [1.54, 1.807) is 18.2 Å². The van der Waals surface area contributed by atoms with E-state index < -0.39 is 17.6 Å². The van der Waals surface area contributed by atoms with Crippen molar-refractivity contribution in [3.63, 3.8) is 0 Å². The molecule has 0 heterocycles. The number of halogens is 3. The van der Waals surface area contributed by atoms with Gasteiger partial charge in [0, 0.05) is 11.4 Å². The zero-order chi connectivity index (χ0) is 23.3. The maximum atomic E-state index is 13.0. The van der Waals surface area contributed by atoms with Crippen molar-refractivity contribution in [3.8, 4) is 0 Å². The Labute approximate surface area is 183 Å². The van der Waals surface area contributed by atoms with Gasteiger partial charge in [0.1, 0.15) is 0 Å². The van der Waals surface area contributed by atoms with Gasteiger partial charge in [0.25, 0.3) is 5.91 Å². The molecule has 2 amide bonds. The van der Waals surface area contributed by atoms with Gasteiger partial charge in [0.05, 0.1) is 23.4 Å². The lowest BCUT2D eigenvalue weighted by molar-refractivity contribution is -0.137. The van der Waals surface area contributed by atoms with Crippen molar-refractivity contribution in [1.82, 2.24) is 5.32 Å². The molecular weight excluding hydrogens is 419 g/mol. The molecule has 0 bridgehead atoms. The van der Waals surface area contributed by atoms with Crippen molar-refractivity contribution >= 4 is 28.9 Å². The summed E-state index contributed by atoms with van der Waals surface area (Å²) in [6.45, 7) is 3.48. The predicted octanol–water partition coefficient (Wildman–Crippen LogP) is 5.43. The van der Waals surface area contributed by atoms with Crippen LogP contribution in [0.2, 0.25) is 0 Å². The number of nitrogens with one attached hydrogen (secondary N) is 3. The molecule has 0 aromatic heterocycles. The molecule has 0 saturated carbocycles. The minimum Gasteiger partial charge on any atom is -0.355 e. The van der Waals surface area contributed by atoms with Crippen molar-refractivity contribution in [2.45, 2.75) is 20.0 Å². The highest BCUT2D eigenvalue weighted by molar-refractivity contribution is 6.03. The maximum absolute atomic E-state index is 13.0. The van der Waals surface area contributed by atoms with Crippen LogP contribution in [0, 0.1) is 13.8 Å². The fourth-order valence-corrected chi connectivity index (χ4v) is 3.17. The van der Waals surface area contributed by atoms with E-state index in [1.807, 2.05) is 32.0 Å². The molecule has 3 rings (SSSR count). The quantitative estimate of drug-likeness (QED) is 0.478. The van der Waals surface area contributed by atoms with E-state index in [1.165, 1.54) is 18.2 Å². The number of carbonyl (C=O) groups excluding carboxylic acids is 2. The number of carbonyl (C=O) groups is 2. The van der Waals surface area contributed by atoms with Gasteiger partial charge in [0.15, 0.2) is 0 Å². The number of amides is 2. The highest BCUT2D eigenvalue weighted by Crippen LogP contribution is 2.31. The summed E-state index contributed by atoms with van der Waals surface area (Å²) in [6, 6.07) is 16.7. The standard InChI is InChI=1S/C24H22F3N3O2/c1-15-7-5-8-16(2)22(15)30-21(31)14-28-23(32)19-11-3-4-12-20(19)29-18-10-6-9-17(13-18)24(25,26)27/h3-13,29H,14H2,1-2H3,(H,28,32)(H,30,31). The SMILES string of the molecule is Cc1cccc(C)c1NC(=O)CNC(=O)c1ccccc1Nc1cccc(C(F)(F)F)c1. The van der Waals surface area contributed by atoms with Crippen LogP contribution in [-0.2, 0) is 11.0 Å². The molecule has 5 nitrogen and oxygen atoms in total. The second kappa shape index (κ2) is 9.55. The Balaban J connectivity index is 1.69. The first kappa shape index (κ1) is 22.9. The first-order chi connectivity index (χ1) is 15.1. The second-order valence-corrected chi connectivity index (χ2v) is 7.25. The normalized spacial score (nSPS) is 11.0. The van der Waals surface area contributed by atoms with Crippen LogP contribution in [0.25, 0.3) is 0 Å². The van der Waals surface area contributed by atoms with E-state index in [9.17, 15) is 22.8 Å². The minimum absolute atomic E-state index is 0.188. The number of anilines is 3. The molecule has 0 spiro atoms. The predicted molar refractivity (Wildman–Crippen MR) is 118 cm³/mol. The third kappa shape index (κ3) is 5.66. The highest BCUT2D eigenvalue weighted by atomic mass is 19.4. The first-order valence-electron chi connectivity index (χ1n) is 9.83. The second-order valence-electron chi connectivity index (χ2n) is 7.25. The molecule has 3 N–H and O–H groups in total. The van der Waals surface area contributed by atoms with Gasteiger partial charge in [-0.25, -0.2) is 0 Å². The van der Waals surface area contributed by atoms with Crippen molar-refractivity contribution in [2.75, 3.05) is 17.2 Å². The van der Waals surface area contributed by atoms with Crippen LogP contribution in [0.15, 0.2) is 66.7 Å². The van der Waals surface area contributed by atoms with Gasteiger partial charge in [-0.15, -0.1) is 0 Å². The molecular formula is C24H22F3N3O2. The monoisotopic (exact) mass is 441 g/mol. The van der Waals surface area contributed by atoms with E-state index in [2.05, 4.69) is 16.0 Å². The van der Waals surface area contributed by atoms with Crippen molar-refractivity contribution in [1.29, 1.82) is 0 Å². The van der Waals surface area contributed by atoms with E-state index in [-0.39, 0.29) is 23.7 Å². The number of alkyl halides is 3. The molecule has 166 valence electrons. The molecule has 0 atom stereocenters. The Bertz CT molecular complexity index is 1120. The van der Waals surface area contributed by atoms with Crippen molar-refractivity contribution in [2.24, 2.45) is 0 Å². The van der Waals surface area contributed by atoms with Gasteiger partial charge in [0.2, 0.25) is 5.91 Å². The number of rotatable bonds is 6.